The summed E-state index contributed by atoms with van der Waals surface area (Å²) < 4.78 is 5.85. The number of furan rings is 1. The maximum Gasteiger partial charge on any atom is 0.134 e. The minimum atomic E-state index is -0.127. The van der Waals surface area contributed by atoms with Crippen LogP contribution in [0.5, 0.6) is 0 Å². The average Bonchev–Trinajstić information content (AvgIpc) is 2.43. The maximum absolute atomic E-state index is 11.9. The fourth-order valence-electron chi connectivity index (χ4n) is 3.26. The van der Waals surface area contributed by atoms with Gasteiger partial charge in [-0.1, -0.05) is 20.8 Å². The first-order valence-corrected chi connectivity index (χ1v) is 6.31. The van der Waals surface area contributed by atoms with Gasteiger partial charge in [0.15, 0.2) is 0 Å². The van der Waals surface area contributed by atoms with Crippen LogP contribution in [0.2, 0.25) is 0 Å². The Kier molecular flexibility index (Phi) is 2.72. The molecule has 1 saturated carbocycles. The average molecular weight is 234 g/mol. The third-order valence-electron chi connectivity index (χ3n) is 3.89. The second-order valence-corrected chi connectivity index (χ2v) is 6.64. The summed E-state index contributed by atoms with van der Waals surface area (Å²) in [5, 5.41) is 0. The summed E-state index contributed by atoms with van der Waals surface area (Å²) in [4.78, 5) is 11.9. The van der Waals surface area contributed by atoms with E-state index >= 15 is 0 Å². The summed E-state index contributed by atoms with van der Waals surface area (Å²) in [5.74, 6) is 2.31. The van der Waals surface area contributed by atoms with Gasteiger partial charge in [0.2, 0.25) is 0 Å². The van der Waals surface area contributed by atoms with Gasteiger partial charge in [-0.25, -0.2) is 0 Å². The smallest absolute Gasteiger partial charge is 0.134 e. The number of carbonyl (C=O) groups is 1. The maximum atomic E-state index is 11.9. The molecule has 0 saturated heterocycles. The first-order chi connectivity index (χ1) is 7.72. The fraction of sp³-hybridized carbons (Fsp3) is 0.667. The lowest BCUT2D eigenvalue weighted by atomic mass is 9.63. The monoisotopic (exact) mass is 234 g/mol. The molecule has 1 unspecified atom stereocenters. The van der Waals surface area contributed by atoms with E-state index < -0.39 is 0 Å². The van der Waals surface area contributed by atoms with Crippen LogP contribution >= 0.6 is 0 Å². The van der Waals surface area contributed by atoms with Crippen LogP contribution < -0.4 is 0 Å². The minimum Gasteiger partial charge on any atom is -0.466 e. The van der Waals surface area contributed by atoms with Gasteiger partial charge in [0.25, 0.3) is 0 Å². The fourth-order valence-corrected chi connectivity index (χ4v) is 3.26. The van der Waals surface area contributed by atoms with Crippen LogP contribution in [0.25, 0.3) is 0 Å². The lowest BCUT2D eigenvalue weighted by Gasteiger charge is -2.40. The SMILES string of the molecule is Cc1cc(C2(C)CC(=O)CC(C)(C)C2)oc1C. The molecule has 0 N–H and O–H groups in total. The Balaban J connectivity index is 2.38. The molecule has 0 radical (unpaired) electrons. The Bertz CT molecular complexity index is 434. The highest BCUT2D eigenvalue weighted by Crippen LogP contribution is 2.46. The molecule has 1 atom stereocenters. The van der Waals surface area contributed by atoms with Crippen molar-refractivity contribution in [1.82, 2.24) is 0 Å². The second kappa shape index (κ2) is 3.72. The molecule has 1 aromatic rings. The predicted octanol–water partition coefficient (Wildman–Crippen LogP) is 3.93. The molecular weight excluding hydrogens is 212 g/mol. The van der Waals surface area contributed by atoms with Crippen molar-refractivity contribution in [2.45, 2.75) is 59.3 Å². The highest BCUT2D eigenvalue weighted by molar-refractivity contribution is 5.81. The Morgan fingerprint density at radius 1 is 1.18 bits per heavy atom. The summed E-state index contributed by atoms with van der Waals surface area (Å²) in [6.45, 7) is 10.5. The molecule has 94 valence electrons. The topological polar surface area (TPSA) is 30.2 Å². The van der Waals surface area contributed by atoms with Crippen LogP contribution in [0.1, 0.15) is 57.1 Å². The van der Waals surface area contributed by atoms with E-state index in [9.17, 15) is 4.79 Å². The van der Waals surface area contributed by atoms with Crippen molar-refractivity contribution in [2.75, 3.05) is 0 Å². The Labute approximate surface area is 103 Å². The molecule has 1 aromatic heterocycles. The van der Waals surface area contributed by atoms with Gasteiger partial charge in [-0.2, -0.15) is 0 Å². The Hall–Kier alpha value is -1.05. The lowest BCUT2D eigenvalue weighted by Crippen LogP contribution is -2.38. The van der Waals surface area contributed by atoms with Crippen molar-refractivity contribution in [1.29, 1.82) is 0 Å². The molecule has 1 fully saturated rings. The summed E-state index contributed by atoms with van der Waals surface area (Å²) in [6, 6.07) is 2.10. The molecule has 2 heteroatoms. The predicted molar refractivity (Wildman–Crippen MR) is 68.2 cm³/mol. The van der Waals surface area contributed by atoms with Crippen LogP contribution in [0.15, 0.2) is 10.5 Å². The van der Waals surface area contributed by atoms with Crippen LogP contribution in [0.3, 0.4) is 0 Å². The van der Waals surface area contributed by atoms with E-state index in [-0.39, 0.29) is 10.8 Å². The number of carbonyl (C=O) groups excluding carboxylic acids is 1. The number of hydrogen-bond acceptors (Lipinski definition) is 2. The van der Waals surface area contributed by atoms with E-state index in [1.807, 2.05) is 6.92 Å². The zero-order valence-electron chi connectivity index (χ0n) is 11.5. The van der Waals surface area contributed by atoms with Crippen LogP contribution in [0.4, 0.5) is 0 Å². The van der Waals surface area contributed by atoms with E-state index in [2.05, 4.69) is 33.8 Å². The highest BCUT2D eigenvalue weighted by atomic mass is 16.3. The summed E-state index contributed by atoms with van der Waals surface area (Å²) in [6.07, 6.45) is 2.32. The zero-order valence-corrected chi connectivity index (χ0v) is 11.5. The van der Waals surface area contributed by atoms with Gasteiger partial charge in [-0.05, 0) is 37.3 Å². The lowest BCUT2D eigenvalue weighted by molar-refractivity contribution is -0.125. The molecule has 0 aromatic carbocycles. The first kappa shape index (κ1) is 12.4. The van der Waals surface area contributed by atoms with Crippen molar-refractivity contribution >= 4 is 5.78 Å². The molecule has 0 bridgehead atoms. The van der Waals surface area contributed by atoms with Crippen molar-refractivity contribution in [3.63, 3.8) is 0 Å². The summed E-state index contributed by atoms with van der Waals surface area (Å²) >= 11 is 0. The number of aryl methyl sites for hydroxylation is 2. The quantitative estimate of drug-likeness (QED) is 0.737. The number of hydrogen-bond donors (Lipinski definition) is 0. The largest absolute Gasteiger partial charge is 0.466 e. The molecule has 1 heterocycles. The molecule has 1 aliphatic rings. The first-order valence-electron chi connectivity index (χ1n) is 6.31. The van der Waals surface area contributed by atoms with Gasteiger partial charge in [0.1, 0.15) is 17.3 Å². The van der Waals surface area contributed by atoms with Gasteiger partial charge >= 0.3 is 0 Å². The summed E-state index contributed by atoms with van der Waals surface area (Å²) in [5.41, 5.74) is 1.13. The summed E-state index contributed by atoms with van der Waals surface area (Å²) in [7, 11) is 0. The zero-order chi connectivity index (χ0) is 12.8. The van der Waals surface area contributed by atoms with Gasteiger partial charge in [0.05, 0.1) is 0 Å². The van der Waals surface area contributed by atoms with Gasteiger partial charge in [-0.15, -0.1) is 0 Å². The van der Waals surface area contributed by atoms with E-state index in [0.717, 1.165) is 17.9 Å². The van der Waals surface area contributed by atoms with Gasteiger partial charge in [-0.3, -0.25) is 4.79 Å². The van der Waals surface area contributed by atoms with Crippen molar-refractivity contribution in [3.05, 3.63) is 23.2 Å². The van der Waals surface area contributed by atoms with Crippen LogP contribution in [-0.2, 0) is 10.2 Å². The molecule has 2 rings (SSSR count). The van der Waals surface area contributed by atoms with E-state index in [0.29, 0.717) is 18.6 Å². The minimum absolute atomic E-state index is 0.0820. The molecule has 17 heavy (non-hydrogen) atoms. The van der Waals surface area contributed by atoms with E-state index in [1.54, 1.807) is 0 Å². The Morgan fingerprint density at radius 2 is 1.82 bits per heavy atom. The Morgan fingerprint density at radius 3 is 2.29 bits per heavy atom. The third-order valence-corrected chi connectivity index (χ3v) is 3.89. The van der Waals surface area contributed by atoms with Crippen molar-refractivity contribution in [3.8, 4) is 0 Å². The molecule has 0 amide bonds. The van der Waals surface area contributed by atoms with Crippen molar-refractivity contribution < 1.29 is 9.21 Å². The third kappa shape index (κ3) is 2.31. The number of ketones is 1. The van der Waals surface area contributed by atoms with Crippen LogP contribution in [0, 0.1) is 19.3 Å². The molecule has 2 nitrogen and oxygen atoms in total. The number of Topliss-reactive ketones (excluding diaryl/α,β-unsaturated/α-hetero) is 1. The van der Waals surface area contributed by atoms with Crippen molar-refractivity contribution in [2.24, 2.45) is 5.41 Å². The van der Waals surface area contributed by atoms with E-state index in [1.165, 1.54) is 5.56 Å². The van der Waals surface area contributed by atoms with Gasteiger partial charge < -0.3 is 4.42 Å². The number of rotatable bonds is 1. The molecule has 1 aliphatic carbocycles. The van der Waals surface area contributed by atoms with Crippen LogP contribution in [-0.4, -0.2) is 5.78 Å². The van der Waals surface area contributed by atoms with E-state index in [4.69, 9.17) is 4.42 Å². The molecular formula is C15H22O2. The molecule has 0 aliphatic heterocycles. The molecule has 0 spiro atoms. The van der Waals surface area contributed by atoms with Gasteiger partial charge in [0, 0.05) is 18.3 Å². The second-order valence-electron chi connectivity index (χ2n) is 6.64. The standard InChI is InChI=1S/C15H22O2/c1-10-6-13(17-11(10)2)15(5)8-12(16)7-14(3,4)9-15/h6H,7-9H2,1-5H3. The normalized spacial score (nSPS) is 28.4. The highest BCUT2D eigenvalue weighted by Gasteiger charge is 2.43.